The molecule has 1 saturated heterocycles. The van der Waals surface area contributed by atoms with E-state index in [-0.39, 0.29) is 18.2 Å². The Balaban J connectivity index is 1.99. The van der Waals surface area contributed by atoms with Gasteiger partial charge in [-0.3, -0.25) is 9.59 Å². The van der Waals surface area contributed by atoms with E-state index in [0.717, 1.165) is 12.1 Å². The van der Waals surface area contributed by atoms with Crippen LogP contribution in [0.4, 0.5) is 8.78 Å². The van der Waals surface area contributed by atoms with E-state index >= 15 is 0 Å². The largest absolute Gasteiger partial charge is 0.481 e. The molecule has 120 valence electrons. The minimum absolute atomic E-state index is 0.0477. The molecule has 0 aromatic heterocycles. The zero-order chi connectivity index (χ0) is 16.3. The third kappa shape index (κ3) is 3.72. The van der Waals surface area contributed by atoms with Crippen LogP contribution in [0.3, 0.4) is 0 Å². The fourth-order valence-electron chi connectivity index (χ4n) is 2.44. The van der Waals surface area contributed by atoms with Crippen LogP contribution in [0.15, 0.2) is 18.2 Å². The van der Waals surface area contributed by atoms with Crippen molar-refractivity contribution in [2.75, 3.05) is 13.1 Å². The van der Waals surface area contributed by atoms with Crippen molar-refractivity contribution >= 4 is 11.9 Å². The molecule has 1 aromatic carbocycles. The molecule has 2 rings (SSSR count). The van der Waals surface area contributed by atoms with Crippen LogP contribution in [0.1, 0.15) is 19.8 Å². The lowest BCUT2D eigenvalue weighted by atomic mass is 9.98. The Morgan fingerprint density at radius 2 is 2.09 bits per heavy atom. The molecule has 0 aliphatic carbocycles. The topological polar surface area (TPSA) is 66.8 Å². The van der Waals surface area contributed by atoms with Gasteiger partial charge < -0.3 is 14.7 Å². The molecule has 1 unspecified atom stereocenters. The Kier molecular flexibility index (Phi) is 4.95. The van der Waals surface area contributed by atoms with Crippen molar-refractivity contribution in [3.8, 4) is 5.75 Å². The maximum absolute atomic E-state index is 13.1. The van der Waals surface area contributed by atoms with E-state index in [2.05, 4.69) is 0 Å². The van der Waals surface area contributed by atoms with Crippen LogP contribution in [0.5, 0.6) is 5.75 Å². The predicted octanol–water partition coefficient (Wildman–Crippen LogP) is 2.06. The summed E-state index contributed by atoms with van der Waals surface area (Å²) in [4.78, 5) is 24.7. The number of carboxylic acids is 1. The van der Waals surface area contributed by atoms with Crippen molar-refractivity contribution < 1.29 is 28.2 Å². The number of hydrogen-bond donors (Lipinski definition) is 1. The fourth-order valence-corrected chi connectivity index (χ4v) is 2.44. The minimum Gasteiger partial charge on any atom is -0.481 e. The first-order chi connectivity index (χ1) is 10.4. The van der Waals surface area contributed by atoms with Crippen LogP contribution < -0.4 is 4.74 Å². The quantitative estimate of drug-likeness (QED) is 0.924. The number of rotatable bonds is 4. The van der Waals surface area contributed by atoms with E-state index in [9.17, 15) is 18.4 Å². The molecule has 22 heavy (non-hydrogen) atoms. The van der Waals surface area contributed by atoms with E-state index < -0.39 is 29.6 Å². The van der Waals surface area contributed by atoms with Gasteiger partial charge in [-0.1, -0.05) is 0 Å². The second-order valence-electron chi connectivity index (χ2n) is 5.30. The Morgan fingerprint density at radius 1 is 1.36 bits per heavy atom. The smallest absolute Gasteiger partial charge is 0.308 e. The van der Waals surface area contributed by atoms with Crippen LogP contribution in [0.2, 0.25) is 0 Å². The average Bonchev–Trinajstić information content (AvgIpc) is 2.50. The Bertz CT molecular complexity index is 579. The number of amides is 1. The molecule has 1 amide bonds. The number of ether oxygens (including phenoxy) is 1. The molecular weight excluding hydrogens is 296 g/mol. The highest BCUT2D eigenvalue weighted by Crippen LogP contribution is 2.20. The maximum atomic E-state index is 13.1. The van der Waals surface area contributed by atoms with E-state index in [0.29, 0.717) is 19.4 Å². The number of benzene rings is 1. The molecule has 0 bridgehead atoms. The van der Waals surface area contributed by atoms with E-state index in [1.54, 1.807) is 0 Å². The van der Waals surface area contributed by atoms with Gasteiger partial charge in [0.05, 0.1) is 5.92 Å². The Hall–Kier alpha value is -2.18. The molecule has 1 N–H and O–H groups in total. The molecule has 1 fully saturated rings. The van der Waals surface area contributed by atoms with Gasteiger partial charge in [-0.25, -0.2) is 8.78 Å². The summed E-state index contributed by atoms with van der Waals surface area (Å²) in [6.45, 7) is 2.10. The lowest BCUT2D eigenvalue weighted by Gasteiger charge is -2.32. The highest BCUT2D eigenvalue weighted by Gasteiger charge is 2.31. The van der Waals surface area contributed by atoms with Gasteiger partial charge in [0.2, 0.25) is 0 Å². The molecule has 1 aliphatic heterocycles. The molecular formula is C15H17F2NO4. The van der Waals surface area contributed by atoms with Crippen molar-refractivity contribution in [1.29, 1.82) is 0 Å². The summed E-state index contributed by atoms with van der Waals surface area (Å²) in [5.41, 5.74) is 0. The van der Waals surface area contributed by atoms with Gasteiger partial charge in [0.1, 0.15) is 5.75 Å². The molecule has 7 heteroatoms. The normalized spacial score (nSPS) is 19.6. The third-order valence-electron chi connectivity index (χ3n) is 3.63. The molecule has 0 spiro atoms. The third-order valence-corrected chi connectivity index (χ3v) is 3.63. The summed E-state index contributed by atoms with van der Waals surface area (Å²) in [5, 5.41) is 9.02. The molecule has 2 atom stereocenters. The van der Waals surface area contributed by atoms with Gasteiger partial charge in [0.25, 0.3) is 5.91 Å². The number of hydrogen-bond acceptors (Lipinski definition) is 3. The van der Waals surface area contributed by atoms with Gasteiger partial charge in [-0.2, -0.15) is 0 Å². The molecule has 1 aromatic rings. The second-order valence-corrected chi connectivity index (χ2v) is 5.30. The van der Waals surface area contributed by atoms with E-state index in [1.165, 1.54) is 17.9 Å². The van der Waals surface area contributed by atoms with Gasteiger partial charge in [0, 0.05) is 19.2 Å². The first-order valence-corrected chi connectivity index (χ1v) is 7.01. The van der Waals surface area contributed by atoms with Crippen LogP contribution in [0, 0.1) is 17.6 Å². The molecule has 0 saturated carbocycles. The van der Waals surface area contributed by atoms with Gasteiger partial charge in [0.15, 0.2) is 17.7 Å². The van der Waals surface area contributed by atoms with E-state index in [1.807, 2.05) is 0 Å². The second kappa shape index (κ2) is 6.72. The number of carbonyl (C=O) groups is 2. The van der Waals surface area contributed by atoms with Crippen molar-refractivity contribution in [1.82, 2.24) is 4.90 Å². The summed E-state index contributed by atoms with van der Waals surface area (Å²) < 4.78 is 31.3. The van der Waals surface area contributed by atoms with Crippen molar-refractivity contribution in [3.63, 3.8) is 0 Å². The SMILES string of the molecule is CC(Oc1ccc(F)c(F)c1)C(=O)N1CCC[C@H](C(=O)O)C1. The number of nitrogens with zero attached hydrogens (tertiary/aromatic N) is 1. The molecule has 1 heterocycles. The summed E-state index contributed by atoms with van der Waals surface area (Å²) >= 11 is 0. The lowest BCUT2D eigenvalue weighted by molar-refractivity contribution is -0.147. The number of likely N-dealkylation sites (tertiary alicyclic amines) is 1. The minimum atomic E-state index is -1.05. The Labute approximate surface area is 126 Å². The monoisotopic (exact) mass is 313 g/mol. The summed E-state index contributed by atoms with van der Waals surface area (Å²) in [7, 11) is 0. The maximum Gasteiger partial charge on any atom is 0.308 e. The van der Waals surface area contributed by atoms with Crippen molar-refractivity contribution in [2.45, 2.75) is 25.9 Å². The van der Waals surface area contributed by atoms with Crippen molar-refractivity contribution in [2.24, 2.45) is 5.92 Å². The zero-order valence-electron chi connectivity index (χ0n) is 12.1. The summed E-state index contributed by atoms with van der Waals surface area (Å²) in [6, 6.07) is 3.02. The highest BCUT2D eigenvalue weighted by atomic mass is 19.2. The predicted molar refractivity (Wildman–Crippen MR) is 73.4 cm³/mol. The fraction of sp³-hybridized carbons (Fsp3) is 0.467. The van der Waals surface area contributed by atoms with Gasteiger partial charge in [-0.15, -0.1) is 0 Å². The summed E-state index contributed by atoms with van der Waals surface area (Å²) in [5.74, 6) is -3.87. The number of carbonyl (C=O) groups excluding carboxylic acids is 1. The average molecular weight is 313 g/mol. The number of piperidine rings is 1. The van der Waals surface area contributed by atoms with E-state index in [4.69, 9.17) is 9.84 Å². The standard InChI is InChI=1S/C15H17F2NO4/c1-9(22-11-4-5-12(16)13(17)7-11)14(19)18-6-2-3-10(8-18)15(20)21/h4-5,7,9-10H,2-3,6,8H2,1H3,(H,20,21)/t9?,10-/m0/s1. The van der Waals surface area contributed by atoms with Crippen LogP contribution in [-0.4, -0.2) is 41.1 Å². The van der Waals surface area contributed by atoms with Gasteiger partial charge in [-0.05, 0) is 31.9 Å². The van der Waals surface area contributed by atoms with Crippen LogP contribution in [-0.2, 0) is 9.59 Å². The summed E-state index contributed by atoms with van der Waals surface area (Å²) in [6.07, 6.45) is 0.246. The first-order valence-electron chi connectivity index (χ1n) is 7.01. The number of carboxylic acid groups (broad SMARTS) is 1. The zero-order valence-corrected chi connectivity index (χ0v) is 12.1. The lowest BCUT2D eigenvalue weighted by Crippen LogP contribution is -2.47. The molecule has 0 radical (unpaired) electrons. The van der Waals surface area contributed by atoms with Crippen molar-refractivity contribution in [3.05, 3.63) is 29.8 Å². The molecule has 5 nitrogen and oxygen atoms in total. The molecule has 1 aliphatic rings. The van der Waals surface area contributed by atoms with Gasteiger partial charge >= 0.3 is 5.97 Å². The number of halogens is 2. The van der Waals surface area contributed by atoms with Crippen LogP contribution in [0.25, 0.3) is 0 Å². The Morgan fingerprint density at radius 3 is 2.73 bits per heavy atom. The number of aliphatic carboxylic acids is 1. The highest BCUT2D eigenvalue weighted by molar-refractivity contribution is 5.82. The first kappa shape index (κ1) is 16.2. The van der Waals surface area contributed by atoms with Crippen LogP contribution >= 0.6 is 0 Å².